The third-order valence-corrected chi connectivity index (χ3v) is 3.14. The van der Waals surface area contributed by atoms with E-state index in [-0.39, 0.29) is 0 Å². The summed E-state index contributed by atoms with van der Waals surface area (Å²) in [6.45, 7) is 3.40. The van der Waals surface area contributed by atoms with Crippen LogP contribution in [0.3, 0.4) is 0 Å². The van der Waals surface area contributed by atoms with Crippen molar-refractivity contribution < 1.29 is 9.47 Å². The van der Waals surface area contributed by atoms with Crippen LogP contribution in [-0.2, 0) is 6.54 Å². The number of hydrogen-bond donors (Lipinski definition) is 1. The molecule has 0 aliphatic rings. The number of benzene rings is 2. The van der Waals surface area contributed by atoms with Crippen molar-refractivity contribution in [2.75, 3.05) is 13.2 Å². The fraction of sp³-hybridized carbons (Fsp3) is 0.250. The second-order valence-corrected chi connectivity index (χ2v) is 4.89. The van der Waals surface area contributed by atoms with E-state index in [1.807, 2.05) is 49.4 Å². The molecule has 0 heterocycles. The Morgan fingerprint density at radius 2 is 1.85 bits per heavy atom. The number of aryl methyl sites for hydroxylation is 1. The lowest BCUT2D eigenvalue weighted by Gasteiger charge is -2.10. The van der Waals surface area contributed by atoms with Gasteiger partial charge in [-0.2, -0.15) is 0 Å². The van der Waals surface area contributed by atoms with Gasteiger partial charge in [0.1, 0.15) is 24.7 Å². The molecule has 0 bridgehead atoms. The van der Waals surface area contributed by atoms with Gasteiger partial charge in [0.15, 0.2) is 0 Å². The predicted octanol–water partition coefficient (Wildman–Crippen LogP) is 3.56. The van der Waals surface area contributed by atoms with Crippen molar-refractivity contribution in [2.24, 2.45) is 5.73 Å². The first-order valence-corrected chi connectivity index (χ1v) is 6.87. The van der Waals surface area contributed by atoms with Crippen LogP contribution in [0.1, 0.15) is 11.1 Å². The highest BCUT2D eigenvalue weighted by molar-refractivity contribution is 6.32. The first-order valence-electron chi connectivity index (χ1n) is 6.50. The summed E-state index contributed by atoms with van der Waals surface area (Å²) in [6, 6.07) is 13.4. The van der Waals surface area contributed by atoms with Gasteiger partial charge >= 0.3 is 0 Å². The molecule has 20 heavy (non-hydrogen) atoms. The third-order valence-electron chi connectivity index (χ3n) is 2.83. The molecule has 0 saturated carbocycles. The van der Waals surface area contributed by atoms with E-state index in [2.05, 4.69) is 0 Å². The van der Waals surface area contributed by atoms with Gasteiger partial charge in [0, 0.05) is 6.54 Å². The van der Waals surface area contributed by atoms with Crippen LogP contribution in [-0.4, -0.2) is 13.2 Å². The number of rotatable bonds is 6. The molecule has 0 saturated heterocycles. The zero-order valence-electron chi connectivity index (χ0n) is 11.4. The van der Waals surface area contributed by atoms with Crippen LogP contribution in [0.15, 0.2) is 42.5 Å². The molecule has 2 aromatic carbocycles. The summed E-state index contributed by atoms with van der Waals surface area (Å²) in [5.74, 6) is 1.48. The smallest absolute Gasteiger partial charge is 0.138 e. The molecule has 0 fully saturated rings. The molecule has 0 unspecified atom stereocenters. The Kier molecular flexibility index (Phi) is 5.27. The summed E-state index contributed by atoms with van der Waals surface area (Å²) in [5.41, 5.74) is 7.74. The minimum Gasteiger partial charge on any atom is -0.490 e. The van der Waals surface area contributed by atoms with E-state index in [4.69, 9.17) is 26.8 Å². The Bertz CT molecular complexity index is 572. The zero-order chi connectivity index (χ0) is 14.4. The molecule has 0 aliphatic heterocycles. The molecule has 0 amide bonds. The highest BCUT2D eigenvalue weighted by atomic mass is 35.5. The maximum absolute atomic E-state index is 6.05. The van der Waals surface area contributed by atoms with E-state index in [9.17, 15) is 0 Å². The summed E-state index contributed by atoms with van der Waals surface area (Å²) in [4.78, 5) is 0. The normalized spacial score (nSPS) is 10.3. The lowest BCUT2D eigenvalue weighted by Crippen LogP contribution is -2.09. The summed E-state index contributed by atoms with van der Waals surface area (Å²) in [6.07, 6.45) is 0. The molecule has 2 rings (SSSR count). The second kappa shape index (κ2) is 7.17. The Morgan fingerprint density at radius 1 is 1.05 bits per heavy atom. The van der Waals surface area contributed by atoms with E-state index in [1.165, 1.54) is 0 Å². The molecule has 0 aromatic heterocycles. The van der Waals surface area contributed by atoms with Crippen molar-refractivity contribution in [3.05, 3.63) is 58.6 Å². The highest BCUT2D eigenvalue weighted by Gasteiger charge is 2.02. The number of halogens is 1. The van der Waals surface area contributed by atoms with Crippen LogP contribution >= 0.6 is 11.6 Å². The fourth-order valence-electron chi connectivity index (χ4n) is 1.79. The molecule has 2 aromatic rings. The predicted molar refractivity (Wildman–Crippen MR) is 81.5 cm³/mol. The van der Waals surface area contributed by atoms with Crippen LogP contribution < -0.4 is 15.2 Å². The van der Waals surface area contributed by atoms with Gasteiger partial charge < -0.3 is 15.2 Å². The molecule has 3 nitrogen and oxygen atoms in total. The van der Waals surface area contributed by atoms with Gasteiger partial charge in [0.05, 0.1) is 5.02 Å². The van der Waals surface area contributed by atoms with Crippen LogP contribution in [0.5, 0.6) is 11.5 Å². The van der Waals surface area contributed by atoms with Gasteiger partial charge in [0.2, 0.25) is 0 Å². The van der Waals surface area contributed by atoms with E-state index >= 15 is 0 Å². The average molecular weight is 292 g/mol. The first-order chi connectivity index (χ1) is 9.69. The van der Waals surface area contributed by atoms with Crippen molar-refractivity contribution >= 4 is 11.6 Å². The van der Waals surface area contributed by atoms with Gasteiger partial charge in [-0.1, -0.05) is 29.8 Å². The van der Waals surface area contributed by atoms with Crippen LogP contribution in [0.2, 0.25) is 5.02 Å². The van der Waals surface area contributed by atoms with Gasteiger partial charge in [-0.3, -0.25) is 0 Å². The molecule has 0 aliphatic carbocycles. The van der Waals surface area contributed by atoms with Crippen molar-refractivity contribution in [1.82, 2.24) is 0 Å². The molecule has 0 spiro atoms. The van der Waals surface area contributed by atoms with Gasteiger partial charge in [-0.15, -0.1) is 0 Å². The van der Waals surface area contributed by atoms with E-state index in [1.54, 1.807) is 0 Å². The van der Waals surface area contributed by atoms with Crippen LogP contribution in [0, 0.1) is 6.92 Å². The lowest BCUT2D eigenvalue weighted by atomic mass is 10.2. The second-order valence-electron chi connectivity index (χ2n) is 4.48. The van der Waals surface area contributed by atoms with Crippen molar-refractivity contribution in [2.45, 2.75) is 13.5 Å². The summed E-state index contributed by atoms with van der Waals surface area (Å²) >= 11 is 6.05. The Balaban J connectivity index is 1.82. The minimum absolute atomic E-state index is 0.441. The minimum atomic E-state index is 0.441. The fourth-order valence-corrected chi connectivity index (χ4v) is 1.97. The Hall–Kier alpha value is -1.71. The molecule has 0 atom stereocenters. The van der Waals surface area contributed by atoms with Crippen LogP contribution in [0.25, 0.3) is 0 Å². The maximum Gasteiger partial charge on any atom is 0.138 e. The summed E-state index contributed by atoms with van der Waals surface area (Å²) < 4.78 is 11.2. The van der Waals surface area contributed by atoms with Crippen LogP contribution in [0.4, 0.5) is 0 Å². The molecule has 4 heteroatoms. The maximum atomic E-state index is 6.05. The molecular weight excluding hydrogens is 274 g/mol. The van der Waals surface area contributed by atoms with Gasteiger partial charge in [-0.25, -0.2) is 0 Å². The van der Waals surface area contributed by atoms with Crippen molar-refractivity contribution in [3.63, 3.8) is 0 Å². The molecule has 106 valence electrons. The zero-order valence-corrected chi connectivity index (χ0v) is 12.2. The summed E-state index contributed by atoms with van der Waals surface area (Å²) in [7, 11) is 0. The number of ether oxygens (including phenoxy) is 2. The first kappa shape index (κ1) is 14.7. The van der Waals surface area contributed by atoms with E-state index < -0.39 is 0 Å². The molecule has 0 radical (unpaired) electrons. The van der Waals surface area contributed by atoms with E-state index in [0.29, 0.717) is 30.5 Å². The van der Waals surface area contributed by atoms with E-state index in [0.717, 1.165) is 16.9 Å². The Labute approximate surface area is 124 Å². The third kappa shape index (κ3) is 4.15. The van der Waals surface area contributed by atoms with Gasteiger partial charge in [0.25, 0.3) is 0 Å². The van der Waals surface area contributed by atoms with Crippen molar-refractivity contribution in [3.8, 4) is 11.5 Å². The van der Waals surface area contributed by atoms with Gasteiger partial charge in [-0.05, 0) is 42.3 Å². The number of nitrogens with two attached hydrogens (primary N) is 1. The standard InChI is InChI=1S/C16H18ClNO2/c1-12-5-6-15(17)16(9-12)20-8-7-19-14-4-2-3-13(10-14)11-18/h2-6,9-10H,7-8,11,18H2,1H3. The average Bonchev–Trinajstić information content (AvgIpc) is 2.47. The Morgan fingerprint density at radius 3 is 2.65 bits per heavy atom. The quantitative estimate of drug-likeness (QED) is 0.828. The SMILES string of the molecule is Cc1ccc(Cl)c(OCCOc2cccc(CN)c2)c1. The summed E-state index contributed by atoms with van der Waals surface area (Å²) in [5, 5.41) is 0.612. The molecule has 2 N–H and O–H groups in total. The number of hydrogen-bond acceptors (Lipinski definition) is 3. The largest absolute Gasteiger partial charge is 0.490 e. The topological polar surface area (TPSA) is 44.5 Å². The molecular formula is C16H18ClNO2. The lowest BCUT2D eigenvalue weighted by molar-refractivity contribution is 0.217. The van der Waals surface area contributed by atoms with Crippen molar-refractivity contribution in [1.29, 1.82) is 0 Å². The highest BCUT2D eigenvalue weighted by Crippen LogP contribution is 2.25. The monoisotopic (exact) mass is 291 g/mol.